The molecule has 0 aliphatic heterocycles. The molecule has 0 saturated carbocycles. The molecule has 1 aliphatic carbocycles. The van der Waals surface area contributed by atoms with Crippen molar-refractivity contribution in [3.8, 4) is 22.3 Å². The fourth-order valence-electron chi connectivity index (χ4n) is 10.5. The Bertz CT molecular complexity index is 3730. The summed E-state index contributed by atoms with van der Waals surface area (Å²) in [5.74, 6) is 0. The average molecular weight is 800 g/mol. The zero-order valence-corrected chi connectivity index (χ0v) is 34.8. The van der Waals surface area contributed by atoms with Gasteiger partial charge in [-0.05, 0) is 103 Å². The highest BCUT2D eigenvalue weighted by Gasteiger charge is 2.36. The normalized spacial score (nSPS) is 13.3. The molecule has 282 valence electrons. The number of thiophene rings is 2. The Balaban J connectivity index is 1.20. The van der Waals surface area contributed by atoms with E-state index in [9.17, 15) is 0 Å². The van der Waals surface area contributed by atoms with Crippen molar-refractivity contribution in [2.75, 3.05) is 4.90 Å². The van der Waals surface area contributed by atoms with Crippen molar-refractivity contribution < 1.29 is 0 Å². The Morgan fingerprint density at radius 3 is 1.75 bits per heavy atom. The Morgan fingerprint density at radius 2 is 0.967 bits per heavy atom. The van der Waals surface area contributed by atoms with Crippen LogP contribution in [0.2, 0.25) is 0 Å². The number of anilines is 3. The van der Waals surface area contributed by atoms with Crippen LogP contribution in [0.5, 0.6) is 0 Å². The molecule has 0 unspecified atom stereocenters. The van der Waals surface area contributed by atoms with E-state index in [0.29, 0.717) is 0 Å². The lowest BCUT2D eigenvalue weighted by Crippen LogP contribution is -2.17. The van der Waals surface area contributed by atoms with Gasteiger partial charge in [-0.1, -0.05) is 153 Å². The van der Waals surface area contributed by atoms with Gasteiger partial charge in [-0.15, -0.1) is 22.7 Å². The molecule has 0 bridgehead atoms. The molecule has 2 aromatic heterocycles. The lowest BCUT2D eigenvalue weighted by atomic mass is 9.82. The van der Waals surface area contributed by atoms with Crippen molar-refractivity contribution in [2.45, 2.75) is 19.3 Å². The summed E-state index contributed by atoms with van der Waals surface area (Å²) in [4.78, 5) is 2.59. The molecule has 0 radical (unpaired) electrons. The Hall–Kier alpha value is -6.78. The minimum absolute atomic E-state index is 0.149. The van der Waals surface area contributed by atoms with E-state index in [1.807, 2.05) is 22.7 Å². The van der Waals surface area contributed by atoms with Crippen LogP contribution in [0.25, 0.3) is 94.9 Å². The van der Waals surface area contributed by atoms with Gasteiger partial charge in [0.05, 0.1) is 16.1 Å². The average Bonchev–Trinajstić information content (AvgIpc) is 3.94. The Kier molecular flexibility index (Phi) is 7.17. The van der Waals surface area contributed by atoms with Crippen molar-refractivity contribution in [3.05, 3.63) is 199 Å². The summed E-state index contributed by atoms with van der Waals surface area (Å²) < 4.78 is 5.22. The van der Waals surface area contributed by atoms with Gasteiger partial charge in [0.1, 0.15) is 0 Å². The van der Waals surface area contributed by atoms with E-state index in [0.717, 1.165) is 5.69 Å². The van der Waals surface area contributed by atoms with Crippen LogP contribution < -0.4 is 4.90 Å². The fourth-order valence-corrected chi connectivity index (χ4v) is 12.8. The summed E-state index contributed by atoms with van der Waals surface area (Å²) in [7, 11) is 0. The maximum Gasteiger partial charge on any atom is 0.0640 e. The van der Waals surface area contributed by atoms with Crippen LogP contribution in [0.1, 0.15) is 25.0 Å². The second-order valence-electron chi connectivity index (χ2n) is 16.8. The van der Waals surface area contributed by atoms with Crippen molar-refractivity contribution in [3.63, 3.8) is 0 Å². The molecular formula is C57H37NS2. The van der Waals surface area contributed by atoms with Gasteiger partial charge < -0.3 is 4.90 Å². The SMILES string of the molecule is CC1(C)c2ccccc2-c2ccc(N(c3ccc4c5ccccc5c5ccccc5c4c3-c3ccc4sc5ccccc5c4c3)c3cccc4c3sc3ccccc34)cc21. The highest BCUT2D eigenvalue weighted by Crippen LogP contribution is 2.54. The second kappa shape index (κ2) is 12.6. The van der Waals surface area contributed by atoms with Crippen LogP contribution in [-0.4, -0.2) is 0 Å². The van der Waals surface area contributed by atoms with Gasteiger partial charge in [-0.2, -0.15) is 0 Å². The minimum atomic E-state index is -0.149. The van der Waals surface area contributed by atoms with Gasteiger partial charge in [0.2, 0.25) is 0 Å². The molecular weight excluding hydrogens is 763 g/mol. The molecule has 0 spiro atoms. The number of benzene rings is 10. The Morgan fingerprint density at radius 1 is 0.383 bits per heavy atom. The second-order valence-corrected chi connectivity index (χ2v) is 18.9. The summed E-state index contributed by atoms with van der Waals surface area (Å²) in [6.45, 7) is 4.77. The minimum Gasteiger partial charge on any atom is -0.308 e. The quantitative estimate of drug-likeness (QED) is 0.160. The van der Waals surface area contributed by atoms with E-state index in [-0.39, 0.29) is 5.41 Å². The zero-order valence-electron chi connectivity index (χ0n) is 33.2. The summed E-state index contributed by atoms with van der Waals surface area (Å²) in [6, 6.07) is 70.8. The molecule has 1 aliphatic rings. The van der Waals surface area contributed by atoms with E-state index in [1.165, 1.54) is 117 Å². The van der Waals surface area contributed by atoms with Gasteiger partial charge >= 0.3 is 0 Å². The molecule has 13 rings (SSSR count). The van der Waals surface area contributed by atoms with E-state index >= 15 is 0 Å². The van der Waals surface area contributed by atoms with Crippen LogP contribution in [0.15, 0.2) is 188 Å². The Labute approximate surface area is 356 Å². The molecule has 0 amide bonds. The van der Waals surface area contributed by atoms with Crippen LogP contribution in [0, 0.1) is 0 Å². The largest absolute Gasteiger partial charge is 0.308 e. The standard InChI is InChI=1S/C57H37NS2/c1-57(2)47-22-10-7-17-39(47)40-28-27-35(33-48(40)57)58(50-23-13-21-45-41-18-8-12-25-52(41)60-56(45)50)49-30-29-44-38-16-4-3-14-36(38)37-15-5-6-20-43(37)55(44)54(49)34-26-31-53-46(32-34)42-19-9-11-24-51(42)59-53/h3-33H,1-2H3. The van der Waals surface area contributed by atoms with Crippen LogP contribution in [0.4, 0.5) is 17.1 Å². The molecule has 1 nitrogen and oxygen atoms in total. The van der Waals surface area contributed by atoms with Gasteiger partial charge in [-0.25, -0.2) is 0 Å². The van der Waals surface area contributed by atoms with Gasteiger partial charge in [0.15, 0.2) is 0 Å². The molecule has 3 heteroatoms. The number of nitrogens with zero attached hydrogens (tertiary/aromatic N) is 1. The third kappa shape index (κ3) is 4.73. The molecule has 10 aromatic carbocycles. The molecule has 2 heterocycles. The number of hydrogen-bond donors (Lipinski definition) is 0. The van der Waals surface area contributed by atoms with Crippen LogP contribution in [0.3, 0.4) is 0 Å². The van der Waals surface area contributed by atoms with E-state index in [4.69, 9.17) is 0 Å². The van der Waals surface area contributed by atoms with E-state index in [2.05, 4.69) is 207 Å². The van der Waals surface area contributed by atoms with Crippen molar-refractivity contribution >= 4 is 112 Å². The van der Waals surface area contributed by atoms with Crippen LogP contribution in [-0.2, 0) is 5.41 Å². The third-order valence-electron chi connectivity index (χ3n) is 13.2. The molecule has 0 N–H and O–H groups in total. The first-order valence-corrected chi connectivity index (χ1v) is 22.4. The number of rotatable bonds is 4. The smallest absolute Gasteiger partial charge is 0.0640 e. The van der Waals surface area contributed by atoms with Crippen LogP contribution >= 0.6 is 22.7 Å². The first-order valence-electron chi connectivity index (χ1n) is 20.8. The monoisotopic (exact) mass is 799 g/mol. The van der Waals surface area contributed by atoms with Crippen molar-refractivity contribution in [2.24, 2.45) is 0 Å². The highest BCUT2D eigenvalue weighted by atomic mass is 32.1. The van der Waals surface area contributed by atoms with Gasteiger partial charge in [-0.3, -0.25) is 0 Å². The first kappa shape index (κ1) is 34.1. The molecule has 0 saturated heterocycles. The topological polar surface area (TPSA) is 3.24 Å². The maximum absolute atomic E-state index is 2.59. The maximum atomic E-state index is 2.59. The summed E-state index contributed by atoms with van der Waals surface area (Å²) >= 11 is 3.77. The van der Waals surface area contributed by atoms with Gasteiger partial charge in [0, 0.05) is 57.7 Å². The molecule has 12 aromatic rings. The number of fused-ring (bicyclic) bond motifs is 15. The fraction of sp³-hybridized carbons (Fsp3) is 0.0526. The highest BCUT2D eigenvalue weighted by molar-refractivity contribution is 7.26. The lowest BCUT2D eigenvalue weighted by molar-refractivity contribution is 0.660. The zero-order chi connectivity index (χ0) is 39.7. The predicted molar refractivity (Wildman–Crippen MR) is 262 cm³/mol. The third-order valence-corrected chi connectivity index (χ3v) is 15.6. The molecule has 0 fully saturated rings. The van der Waals surface area contributed by atoms with Crippen molar-refractivity contribution in [1.82, 2.24) is 0 Å². The summed E-state index contributed by atoms with van der Waals surface area (Å²) in [6.07, 6.45) is 0. The summed E-state index contributed by atoms with van der Waals surface area (Å²) in [5.41, 5.74) is 11.2. The van der Waals surface area contributed by atoms with Crippen molar-refractivity contribution in [1.29, 1.82) is 0 Å². The lowest BCUT2D eigenvalue weighted by Gasteiger charge is -2.31. The predicted octanol–water partition coefficient (Wildman–Crippen LogP) is 17.3. The van der Waals surface area contributed by atoms with E-state index < -0.39 is 0 Å². The number of hydrogen-bond acceptors (Lipinski definition) is 3. The molecule has 0 atom stereocenters. The van der Waals surface area contributed by atoms with E-state index in [1.54, 1.807) is 0 Å². The first-order chi connectivity index (χ1) is 29.5. The van der Waals surface area contributed by atoms with Gasteiger partial charge in [0.25, 0.3) is 0 Å². The molecule has 60 heavy (non-hydrogen) atoms. The summed E-state index contributed by atoms with van der Waals surface area (Å²) in [5, 5.41) is 12.8.